The number of nitro groups is 1. The Morgan fingerprint density at radius 2 is 1.79 bits per heavy atom. The van der Waals surface area contributed by atoms with Crippen LogP contribution < -0.4 is 5.32 Å². The molecular weight excluding hydrogens is 438 g/mol. The maximum absolute atomic E-state index is 13.0. The smallest absolute Gasteiger partial charge is 0.321 e. The third-order valence-corrected chi connectivity index (χ3v) is 6.00. The molecule has 1 amide bonds. The van der Waals surface area contributed by atoms with Gasteiger partial charge in [0.25, 0.3) is 5.69 Å². The molecule has 0 aromatic heterocycles. The minimum Gasteiger partial charge on any atom is -0.465 e. The van der Waals surface area contributed by atoms with E-state index in [9.17, 15) is 19.7 Å². The van der Waals surface area contributed by atoms with E-state index in [-0.39, 0.29) is 12.3 Å². The summed E-state index contributed by atoms with van der Waals surface area (Å²) >= 11 is 0. The lowest BCUT2D eigenvalue weighted by Crippen LogP contribution is -2.57. The number of benzene rings is 2. The van der Waals surface area contributed by atoms with Crippen LogP contribution in [0.3, 0.4) is 0 Å². The van der Waals surface area contributed by atoms with Crippen molar-refractivity contribution >= 4 is 23.5 Å². The Kier molecular flexibility index (Phi) is 7.17. The van der Waals surface area contributed by atoms with Gasteiger partial charge in [0, 0.05) is 44.9 Å². The lowest BCUT2D eigenvalue weighted by Gasteiger charge is -2.39. The molecule has 4 rings (SSSR count). The molecule has 0 aliphatic carbocycles. The van der Waals surface area contributed by atoms with E-state index in [4.69, 9.17) is 9.73 Å². The number of guanidine groups is 1. The van der Waals surface area contributed by atoms with Gasteiger partial charge in [-0.2, -0.15) is 0 Å². The summed E-state index contributed by atoms with van der Waals surface area (Å²) in [5.41, 5.74) is 1.71. The van der Waals surface area contributed by atoms with Gasteiger partial charge in [-0.05, 0) is 18.1 Å². The molecule has 1 fully saturated rings. The van der Waals surface area contributed by atoms with Gasteiger partial charge >= 0.3 is 5.97 Å². The van der Waals surface area contributed by atoms with Crippen LogP contribution in [0.2, 0.25) is 0 Å². The van der Waals surface area contributed by atoms with E-state index in [0.29, 0.717) is 24.6 Å². The summed E-state index contributed by atoms with van der Waals surface area (Å²) < 4.78 is 5.12. The van der Waals surface area contributed by atoms with Gasteiger partial charge in [-0.1, -0.05) is 42.5 Å². The first kappa shape index (κ1) is 23.4. The van der Waals surface area contributed by atoms with Crippen molar-refractivity contribution in [1.29, 1.82) is 0 Å². The third kappa shape index (κ3) is 5.23. The van der Waals surface area contributed by atoms with Crippen LogP contribution in [0.15, 0.2) is 59.6 Å². The lowest BCUT2D eigenvalue weighted by atomic mass is 9.91. The highest BCUT2D eigenvalue weighted by Crippen LogP contribution is 2.32. The number of nitrogens with zero attached hydrogens (tertiary/aromatic N) is 4. The molecular formula is C24H27N5O5. The van der Waals surface area contributed by atoms with Gasteiger partial charge < -0.3 is 9.64 Å². The fraction of sp³-hybridized carbons (Fsp3) is 0.375. The number of aliphatic imine (C=N–C) groups is 1. The number of nitrogens with one attached hydrogen (secondary N) is 1. The summed E-state index contributed by atoms with van der Waals surface area (Å²) in [5.74, 6) is -1.91. The van der Waals surface area contributed by atoms with Crippen LogP contribution in [0.4, 0.5) is 5.69 Å². The van der Waals surface area contributed by atoms with Crippen LogP contribution in [-0.2, 0) is 20.9 Å². The number of non-ortho nitro benzene ring substituents is 1. The van der Waals surface area contributed by atoms with Gasteiger partial charge in [-0.15, -0.1) is 0 Å². The van der Waals surface area contributed by atoms with Gasteiger partial charge in [0.15, 0.2) is 5.92 Å². The largest absolute Gasteiger partial charge is 0.465 e. The number of carbonyl (C=O) groups is 2. The molecule has 0 bridgehead atoms. The Morgan fingerprint density at radius 1 is 1.12 bits per heavy atom. The van der Waals surface area contributed by atoms with Crippen LogP contribution in [0, 0.1) is 16.0 Å². The molecule has 178 valence electrons. The highest BCUT2D eigenvalue weighted by atomic mass is 16.6. The van der Waals surface area contributed by atoms with Crippen LogP contribution in [0.5, 0.6) is 0 Å². The van der Waals surface area contributed by atoms with Crippen molar-refractivity contribution in [2.45, 2.75) is 19.5 Å². The van der Waals surface area contributed by atoms with Gasteiger partial charge in [0.05, 0.1) is 11.5 Å². The van der Waals surface area contributed by atoms with E-state index < -0.39 is 28.8 Å². The van der Waals surface area contributed by atoms with Crippen molar-refractivity contribution in [1.82, 2.24) is 15.1 Å². The Labute approximate surface area is 197 Å². The summed E-state index contributed by atoms with van der Waals surface area (Å²) in [6.07, 6.45) is 0. The first-order chi connectivity index (χ1) is 16.5. The average molecular weight is 466 g/mol. The Hall–Kier alpha value is -3.79. The van der Waals surface area contributed by atoms with Gasteiger partial charge in [-0.25, -0.2) is 4.99 Å². The molecule has 2 aromatic carbocycles. The van der Waals surface area contributed by atoms with Gasteiger partial charge in [0.1, 0.15) is 6.04 Å². The summed E-state index contributed by atoms with van der Waals surface area (Å²) in [5, 5.41) is 13.8. The number of carbonyl (C=O) groups excluding carboxylic acids is 2. The predicted molar refractivity (Wildman–Crippen MR) is 125 cm³/mol. The van der Waals surface area contributed by atoms with E-state index in [1.54, 1.807) is 6.92 Å². The number of hydrogen-bond acceptors (Lipinski definition) is 8. The molecule has 34 heavy (non-hydrogen) atoms. The zero-order chi connectivity index (χ0) is 24.1. The Balaban J connectivity index is 1.53. The van der Waals surface area contributed by atoms with Crippen LogP contribution >= 0.6 is 0 Å². The lowest BCUT2D eigenvalue weighted by molar-refractivity contribution is -0.384. The maximum Gasteiger partial charge on any atom is 0.321 e. The van der Waals surface area contributed by atoms with Crippen molar-refractivity contribution in [3.8, 4) is 0 Å². The van der Waals surface area contributed by atoms with Gasteiger partial charge in [-0.3, -0.25) is 29.9 Å². The first-order valence-electron chi connectivity index (χ1n) is 11.3. The topological polar surface area (TPSA) is 117 Å². The number of rotatable bonds is 6. The molecule has 10 heteroatoms. The summed E-state index contributed by atoms with van der Waals surface area (Å²) in [4.78, 5) is 45.2. The fourth-order valence-electron chi connectivity index (χ4n) is 4.22. The highest BCUT2D eigenvalue weighted by molar-refractivity contribution is 6.08. The second-order valence-corrected chi connectivity index (χ2v) is 8.21. The summed E-state index contributed by atoms with van der Waals surface area (Å²) in [6, 6.07) is 15.2. The quantitative estimate of drug-likeness (QED) is 0.301. The molecule has 0 saturated carbocycles. The monoisotopic (exact) mass is 465 g/mol. The highest BCUT2D eigenvalue weighted by Gasteiger charge is 2.42. The molecule has 10 nitrogen and oxygen atoms in total. The van der Waals surface area contributed by atoms with E-state index >= 15 is 0 Å². The summed E-state index contributed by atoms with van der Waals surface area (Å²) in [7, 11) is 0. The average Bonchev–Trinajstić information content (AvgIpc) is 2.85. The minimum atomic E-state index is -1.16. The zero-order valence-corrected chi connectivity index (χ0v) is 18.9. The molecule has 1 N–H and O–H groups in total. The van der Waals surface area contributed by atoms with Crippen LogP contribution in [-0.4, -0.2) is 65.3 Å². The molecule has 1 saturated heterocycles. The molecule has 0 spiro atoms. The second kappa shape index (κ2) is 10.4. The van der Waals surface area contributed by atoms with E-state index in [2.05, 4.69) is 22.3 Å². The maximum atomic E-state index is 13.0. The van der Waals surface area contributed by atoms with Crippen molar-refractivity contribution in [2.75, 3.05) is 32.8 Å². The van der Waals surface area contributed by atoms with E-state index in [1.165, 1.54) is 29.8 Å². The number of amides is 1. The Bertz CT molecular complexity index is 1060. The van der Waals surface area contributed by atoms with Gasteiger partial charge in [0.2, 0.25) is 11.9 Å². The van der Waals surface area contributed by atoms with Crippen molar-refractivity contribution in [2.24, 2.45) is 10.9 Å². The van der Waals surface area contributed by atoms with E-state index in [1.807, 2.05) is 23.1 Å². The van der Waals surface area contributed by atoms with E-state index in [0.717, 1.165) is 19.6 Å². The molecule has 2 aliphatic rings. The van der Waals surface area contributed by atoms with Crippen molar-refractivity contribution in [3.05, 3.63) is 75.8 Å². The van der Waals surface area contributed by atoms with Crippen LogP contribution in [0.25, 0.3) is 0 Å². The van der Waals surface area contributed by atoms with Crippen molar-refractivity contribution < 1.29 is 19.2 Å². The second-order valence-electron chi connectivity index (χ2n) is 8.21. The third-order valence-electron chi connectivity index (χ3n) is 6.00. The summed E-state index contributed by atoms with van der Waals surface area (Å²) in [6.45, 7) is 5.59. The predicted octanol–water partition coefficient (Wildman–Crippen LogP) is 2.12. The number of piperazine rings is 1. The fourth-order valence-corrected chi connectivity index (χ4v) is 4.22. The normalized spacial score (nSPS) is 20.9. The molecule has 0 unspecified atom stereocenters. The first-order valence-corrected chi connectivity index (χ1v) is 11.3. The minimum absolute atomic E-state index is 0.0737. The number of ether oxygens (including phenoxy) is 1. The standard InChI is InChI=1S/C24H27N5O5/c1-2-34-23(31)20-21(18-8-10-19(11-9-18)29(32)33)25-24(26-22(20)30)28-14-12-27(13-15-28)16-17-6-4-3-5-7-17/h3-11,20-21H,2,12-16H2,1H3,(H,25,26,30)/t20-,21+/m1/s1. The molecule has 2 aliphatic heterocycles. The van der Waals surface area contributed by atoms with Crippen molar-refractivity contribution in [3.63, 3.8) is 0 Å². The molecule has 2 heterocycles. The molecule has 2 atom stereocenters. The Morgan fingerprint density at radius 3 is 2.41 bits per heavy atom. The molecule has 2 aromatic rings. The SMILES string of the molecule is CCOC(=O)[C@H]1C(=O)NC(N2CCN(Cc3ccccc3)CC2)=N[C@H]1c1ccc([N+](=O)[O-])cc1. The zero-order valence-electron chi connectivity index (χ0n) is 18.9. The molecule has 0 radical (unpaired) electrons. The number of hydrogen-bond donors (Lipinski definition) is 1. The van der Waals surface area contributed by atoms with Crippen LogP contribution in [0.1, 0.15) is 24.1 Å². The number of nitro benzene ring substituents is 1. The number of esters is 1.